The maximum absolute atomic E-state index is 12.1. The Hall–Kier alpha value is -1.51. The molecule has 116 valence electrons. The van der Waals surface area contributed by atoms with E-state index in [1.54, 1.807) is 4.90 Å². The molecule has 1 fully saturated rings. The maximum Gasteiger partial charge on any atom is 0.414 e. The number of rotatable bonds is 7. The molecule has 2 rings (SSSR count). The van der Waals surface area contributed by atoms with Gasteiger partial charge in [-0.05, 0) is 36.5 Å². The zero-order chi connectivity index (χ0) is 15.2. The predicted octanol–water partition coefficient (Wildman–Crippen LogP) is 5.11. The summed E-state index contributed by atoms with van der Waals surface area (Å²) in [6, 6.07) is 8.22. The molecular formula is C18H27NO2. The van der Waals surface area contributed by atoms with Crippen molar-refractivity contribution in [3.8, 4) is 0 Å². The molecule has 0 bridgehead atoms. The number of nitrogens with zero attached hydrogens (tertiary/aromatic N) is 1. The van der Waals surface area contributed by atoms with Crippen molar-refractivity contribution in [1.29, 1.82) is 0 Å². The van der Waals surface area contributed by atoms with Gasteiger partial charge in [0.2, 0.25) is 0 Å². The van der Waals surface area contributed by atoms with E-state index in [4.69, 9.17) is 4.74 Å². The zero-order valence-corrected chi connectivity index (χ0v) is 13.5. The van der Waals surface area contributed by atoms with Gasteiger partial charge in [-0.2, -0.15) is 0 Å². The van der Waals surface area contributed by atoms with Gasteiger partial charge in [0.25, 0.3) is 0 Å². The Kier molecular flexibility index (Phi) is 5.66. The molecule has 1 aliphatic heterocycles. The molecule has 1 aliphatic rings. The van der Waals surface area contributed by atoms with Crippen molar-refractivity contribution < 1.29 is 9.53 Å². The molecule has 1 amide bonds. The van der Waals surface area contributed by atoms with Crippen molar-refractivity contribution in [3.63, 3.8) is 0 Å². The lowest BCUT2D eigenvalue weighted by Gasteiger charge is -2.15. The van der Waals surface area contributed by atoms with Crippen molar-refractivity contribution >= 4 is 11.8 Å². The predicted molar refractivity (Wildman–Crippen MR) is 86.9 cm³/mol. The van der Waals surface area contributed by atoms with Gasteiger partial charge in [-0.1, -0.05) is 52.2 Å². The van der Waals surface area contributed by atoms with Crippen LogP contribution < -0.4 is 4.90 Å². The Labute approximate surface area is 128 Å². The van der Waals surface area contributed by atoms with Gasteiger partial charge in [0.15, 0.2) is 0 Å². The van der Waals surface area contributed by atoms with Gasteiger partial charge < -0.3 is 4.74 Å². The Morgan fingerprint density at radius 3 is 2.81 bits per heavy atom. The number of carbonyl (C=O) groups is 1. The normalized spacial score (nSPS) is 18.4. The van der Waals surface area contributed by atoms with Crippen LogP contribution in [0, 0.1) is 0 Å². The lowest BCUT2D eigenvalue weighted by atomic mass is 10.0. The number of benzene rings is 1. The Balaban J connectivity index is 1.95. The summed E-state index contributed by atoms with van der Waals surface area (Å²) < 4.78 is 5.50. The maximum atomic E-state index is 12.1. The van der Waals surface area contributed by atoms with Crippen LogP contribution in [0.5, 0.6) is 0 Å². The van der Waals surface area contributed by atoms with Crippen molar-refractivity contribution in [2.24, 2.45) is 0 Å². The number of hydrogen-bond acceptors (Lipinski definition) is 2. The highest BCUT2D eigenvalue weighted by Gasteiger charge is 2.31. The zero-order valence-electron chi connectivity index (χ0n) is 13.5. The fraction of sp³-hybridized carbons (Fsp3) is 0.611. The van der Waals surface area contributed by atoms with Gasteiger partial charge in [0.1, 0.15) is 6.10 Å². The minimum absolute atomic E-state index is 0.0528. The monoisotopic (exact) mass is 289 g/mol. The molecule has 21 heavy (non-hydrogen) atoms. The van der Waals surface area contributed by atoms with Crippen molar-refractivity contribution in [2.75, 3.05) is 11.4 Å². The molecule has 0 aliphatic carbocycles. The van der Waals surface area contributed by atoms with E-state index in [1.165, 1.54) is 24.8 Å². The molecule has 0 radical (unpaired) electrons. The second kappa shape index (κ2) is 7.48. The summed E-state index contributed by atoms with van der Waals surface area (Å²) in [7, 11) is 0. The first kappa shape index (κ1) is 15.9. The van der Waals surface area contributed by atoms with Gasteiger partial charge >= 0.3 is 6.09 Å². The molecule has 3 nitrogen and oxygen atoms in total. The lowest BCUT2D eigenvalue weighted by Crippen LogP contribution is -2.24. The summed E-state index contributed by atoms with van der Waals surface area (Å²) in [4.78, 5) is 13.8. The smallest absolute Gasteiger partial charge is 0.414 e. The van der Waals surface area contributed by atoms with Gasteiger partial charge in [0, 0.05) is 5.69 Å². The molecule has 1 aromatic rings. The minimum atomic E-state index is -0.198. The summed E-state index contributed by atoms with van der Waals surface area (Å²) in [5.41, 5.74) is 2.22. The Morgan fingerprint density at radius 1 is 1.29 bits per heavy atom. The van der Waals surface area contributed by atoms with Crippen molar-refractivity contribution in [1.82, 2.24) is 0 Å². The molecule has 0 saturated carbocycles. The van der Waals surface area contributed by atoms with Crippen LogP contribution in [-0.4, -0.2) is 18.7 Å². The summed E-state index contributed by atoms with van der Waals surface area (Å²) in [6.45, 7) is 7.22. The number of anilines is 1. The van der Waals surface area contributed by atoms with E-state index in [1.807, 2.05) is 12.1 Å². The van der Waals surface area contributed by atoms with Gasteiger partial charge in [0.05, 0.1) is 6.54 Å². The third-order valence-corrected chi connectivity index (χ3v) is 4.10. The van der Waals surface area contributed by atoms with Gasteiger partial charge in [-0.25, -0.2) is 4.79 Å². The topological polar surface area (TPSA) is 29.5 Å². The second-order valence-electron chi connectivity index (χ2n) is 6.22. The van der Waals surface area contributed by atoms with Crippen LogP contribution in [0.3, 0.4) is 0 Å². The molecule has 1 unspecified atom stereocenters. The molecule has 1 aromatic carbocycles. The summed E-state index contributed by atoms with van der Waals surface area (Å²) in [5.74, 6) is 0.466. The molecule has 0 N–H and O–H groups in total. The van der Waals surface area contributed by atoms with Crippen LogP contribution in [-0.2, 0) is 4.74 Å². The third-order valence-electron chi connectivity index (χ3n) is 4.10. The van der Waals surface area contributed by atoms with E-state index in [0.29, 0.717) is 12.5 Å². The first-order valence-electron chi connectivity index (χ1n) is 8.20. The van der Waals surface area contributed by atoms with Gasteiger partial charge in [-0.3, -0.25) is 4.90 Å². The van der Waals surface area contributed by atoms with E-state index in [9.17, 15) is 4.79 Å². The highest BCUT2D eigenvalue weighted by molar-refractivity contribution is 5.89. The molecule has 0 aromatic heterocycles. The van der Waals surface area contributed by atoms with Crippen molar-refractivity contribution in [3.05, 3.63) is 29.8 Å². The van der Waals surface area contributed by atoms with Crippen LogP contribution in [0.1, 0.15) is 64.4 Å². The molecular weight excluding hydrogens is 262 g/mol. The van der Waals surface area contributed by atoms with E-state index >= 15 is 0 Å². The van der Waals surface area contributed by atoms with E-state index in [2.05, 4.69) is 32.9 Å². The van der Waals surface area contributed by atoms with Crippen LogP contribution >= 0.6 is 0 Å². The SMILES string of the molecule is CCCCCCC1CN(c2cccc(C(C)C)c2)C(=O)O1. The molecule has 1 heterocycles. The number of amides is 1. The van der Waals surface area contributed by atoms with Crippen LogP contribution in [0.25, 0.3) is 0 Å². The van der Waals surface area contributed by atoms with Crippen LogP contribution in [0.15, 0.2) is 24.3 Å². The van der Waals surface area contributed by atoms with Crippen LogP contribution in [0.4, 0.5) is 10.5 Å². The van der Waals surface area contributed by atoms with E-state index < -0.39 is 0 Å². The number of carbonyl (C=O) groups excluding carboxylic acids is 1. The average Bonchev–Trinajstić information content (AvgIpc) is 2.85. The molecule has 0 spiro atoms. The Morgan fingerprint density at radius 2 is 2.10 bits per heavy atom. The second-order valence-corrected chi connectivity index (χ2v) is 6.22. The van der Waals surface area contributed by atoms with Gasteiger partial charge in [-0.15, -0.1) is 0 Å². The van der Waals surface area contributed by atoms with Crippen LogP contribution in [0.2, 0.25) is 0 Å². The summed E-state index contributed by atoms with van der Waals surface area (Å²) >= 11 is 0. The quantitative estimate of drug-likeness (QED) is 0.653. The third kappa shape index (κ3) is 4.23. The standard InChI is InChI=1S/C18H27NO2/c1-4-5-6-7-11-17-13-19(18(20)21-17)16-10-8-9-15(12-16)14(2)3/h8-10,12,14,17H,4-7,11,13H2,1-3H3. The molecule has 3 heteroatoms. The molecule has 1 atom stereocenters. The first-order chi connectivity index (χ1) is 10.1. The number of unbranched alkanes of at least 4 members (excludes halogenated alkanes) is 3. The van der Waals surface area contributed by atoms with E-state index in [-0.39, 0.29) is 12.2 Å². The summed E-state index contributed by atoms with van der Waals surface area (Å²) in [5, 5.41) is 0. The fourth-order valence-corrected chi connectivity index (χ4v) is 2.73. The summed E-state index contributed by atoms with van der Waals surface area (Å²) in [6.07, 6.45) is 5.71. The lowest BCUT2D eigenvalue weighted by molar-refractivity contribution is 0.135. The minimum Gasteiger partial charge on any atom is -0.444 e. The number of ether oxygens (including phenoxy) is 1. The van der Waals surface area contributed by atoms with Crippen molar-refractivity contribution in [2.45, 2.75) is 64.9 Å². The van der Waals surface area contributed by atoms with E-state index in [0.717, 1.165) is 18.5 Å². The largest absolute Gasteiger partial charge is 0.444 e. The average molecular weight is 289 g/mol. The number of hydrogen-bond donors (Lipinski definition) is 0. The Bertz CT molecular complexity index is 470. The fourth-order valence-electron chi connectivity index (χ4n) is 2.73. The molecule has 1 saturated heterocycles. The highest BCUT2D eigenvalue weighted by atomic mass is 16.6. The first-order valence-corrected chi connectivity index (χ1v) is 8.20. The number of cyclic esters (lactones) is 1. The highest BCUT2D eigenvalue weighted by Crippen LogP contribution is 2.27.